The first-order valence-corrected chi connectivity index (χ1v) is 10.8. The van der Waals surface area contributed by atoms with E-state index in [1.807, 2.05) is 6.92 Å². The Morgan fingerprint density at radius 1 is 1.21 bits per heavy atom. The molecule has 1 saturated carbocycles. The molecule has 0 aliphatic heterocycles. The Morgan fingerprint density at radius 2 is 1.97 bits per heavy atom. The number of hydrogen-bond acceptors (Lipinski definition) is 6. The van der Waals surface area contributed by atoms with Crippen LogP contribution in [0.1, 0.15) is 40.6 Å². The van der Waals surface area contributed by atoms with Crippen LogP contribution in [0.3, 0.4) is 0 Å². The fourth-order valence-corrected chi connectivity index (χ4v) is 3.69. The summed E-state index contributed by atoms with van der Waals surface area (Å²) in [7, 11) is 0. The summed E-state index contributed by atoms with van der Waals surface area (Å²) in [5.41, 5.74) is 0.169. The number of rotatable bonds is 7. The van der Waals surface area contributed by atoms with Crippen LogP contribution in [0.2, 0.25) is 10.0 Å². The molecule has 0 bridgehead atoms. The van der Waals surface area contributed by atoms with Crippen LogP contribution in [-0.4, -0.2) is 37.5 Å². The Kier molecular flexibility index (Phi) is 6.30. The largest absolute Gasteiger partial charge is 0.391 e. The van der Waals surface area contributed by atoms with Crippen molar-refractivity contribution in [2.24, 2.45) is 5.92 Å². The van der Waals surface area contributed by atoms with Gasteiger partial charge in [0.25, 0.3) is 11.8 Å². The quantitative estimate of drug-likeness (QED) is 0.377. The van der Waals surface area contributed by atoms with Gasteiger partial charge in [-0.3, -0.25) is 9.59 Å². The summed E-state index contributed by atoms with van der Waals surface area (Å²) in [6, 6.07) is 8.53. The number of carbonyl (C=O) groups excluding carboxylic acids is 2. The van der Waals surface area contributed by atoms with E-state index >= 15 is 0 Å². The molecule has 0 saturated heterocycles. The fraction of sp³-hybridized carbons (Fsp3) is 0.238. The highest BCUT2D eigenvalue weighted by Crippen LogP contribution is 2.33. The average Bonchev–Trinajstić information content (AvgIpc) is 3.53. The Morgan fingerprint density at radius 3 is 2.64 bits per heavy atom. The summed E-state index contributed by atoms with van der Waals surface area (Å²) in [6.45, 7) is 1.92. The number of pyridine rings is 1. The predicted molar refractivity (Wildman–Crippen MR) is 122 cm³/mol. The van der Waals surface area contributed by atoms with Crippen molar-refractivity contribution in [3.63, 3.8) is 0 Å². The SMILES string of the molecule is CC(NC(=O)c1cc(Cl)ccc1NC(=O)c1cc([N+](=O)[O-])nn1-c1ncccc1Cl)C1CC1. The van der Waals surface area contributed by atoms with E-state index < -0.39 is 16.6 Å². The van der Waals surface area contributed by atoms with Crippen molar-refractivity contribution in [3.8, 4) is 5.82 Å². The van der Waals surface area contributed by atoms with Crippen LogP contribution in [0, 0.1) is 16.0 Å². The van der Waals surface area contributed by atoms with E-state index in [1.54, 1.807) is 6.07 Å². The van der Waals surface area contributed by atoms with Crippen LogP contribution in [-0.2, 0) is 0 Å². The minimum Gasteiger partial charge on any atom is -0.358 e. The molecule has 1 aliphatic carbocycles. The minimum atomic E-state index is -0.746. The molecule has 0 spiro atoms. The van der Waals surface area contributed by atoms with Gasteiger partial charge in [0.2, 0.25) is 0 Å². The lowest BCUT2D eigenvalue weighted by Crippen LogP contribution is -2.34. The van der Waals surface area contributed by atoms with Gasteiger partial charge in [-0.25, -0.2) is 4.98 Å². The highest BCUT2D eigenvalue weighted by atomic mass is 35.5. The van der Waals surface area contributed by atoms with Crippen molar-refractivity contribution in [2.75, 3.05) is 5.32 Å². The zero-order valence-corrected chi connectivity index (χ0v) is 18.8. The number of hydrogen-bond donors (Lipinski definition) is 2. The first-order valence-electron chi connectivity index (χ1n) is 10.0. The molecule has 1 atom stereocenters. The number of nitrogens with one attached hydrogen (secondary N) is 2. The van der Waals surface area contributed by atoms with Crippen molar-refractivity contribution < 1.29 is 14.5 Å². The summed E-state index contributed by atoms with van der Waals surface area (Å²) >= 11 is 12.2. The molecule has 1 fully saturated rings. The molecule has 10 nitrogen and oxygen atoms in total. The van der Waals surface area contributed by atoms with Gasteiger partial charge in [0.05, 0.1) is 27.4 Å². The molecule has 0 radical (unpaired) electrons. The Hall–Kier alpha value is -3.50. The van der Waals surface area contributed by atoms with Gasteiger partial charge < -0.3 is 20.7 Å². The lowest BCUT2D eigenvalue weighted by atomic mass is 10.1. The van der Waals surface area contributed by atoms with E-state index in [2.05, 4.69) is 20.7 Å². The number of anilines is 1. The third-order valence-electron chi connectivity index (χ3n) is 5.22. The lowest BCUT2D eigenvalue weighted by molar-refractivity contribution is -0.389. The van der Waals surface area contributed by atoms with Crippen LogP contribution in [0.5, 0.6) is 0 Å². The van der Waals surface area contributed by atoms with Crippen LogP contribution in [0.4, 0.5) is 11.5 Å². The molecule has 2 N–H and O–H groups in total. The predicted octanol–water partition coefficient (Wildman–Crippen LogP) is 4.26. The van der Waals surface area contributed by atoms with E-state index in [0.29, 0.717) is 10.9 Å². The normalized spacial score (nSPS) is 13.9. The van der Waals surface area contributed by atoms with Crippen molar-refractivity contribution >= 4 is 46.5 Å². The molecule has 2 amide bonds. The molecule has 4 rings (SSSR count). The maximum Gasteiger partial charge on any atom is 0.391 e. The molecular formula is C21H18Cl2N6O4. The second-order valence-electron chi connectivity index (χ2n) is 7.61. The maximum atomic E-state index is 13.1. The third-order valence-corrected chi connectivity index (χ3v) is 5.75. The monoisotopic (exact) mass is 488 g/mol. The van der Waals surface area contributed by atoms with E-state index in [9.17, 15) is 19.7 Å². The summed E-state index contributed by atoms with van der Waals surface area (Å²) in [5, 5.41) is 21.1. The first-order chi connectivity index (χ1) is 15.7. The number of amides is 2. The molecule has 1 aromatic carbocycles. The Balaban J connectivity index is 1.67. The molecule has 2 heterocycles. The van der Waals surface area contributed by atoms with Gasteiger partial charge in [-0.15, -0.1) is 4.68 Å². The third kappa shape index (κ3) is 4.96. The maximum absolute atomic E-state index is 13.1. The lowest BCUT2D eigenvalue weighted by Gasteiger charge is -2.16. The van der Waals surface area contributed by atoms with Gasteiger partial charge in [0.15, 0.2) is 11.5 Å². The number of halogens is 2. The second-order valence-corrected chi connectivity index (χ2v) is 8.45. The van der Waals surface area contributed by atoms with Crippen LogP contribution in [0.25, 0.3) is 5.82 Å². The Bertz CT molecular complexity index is 1260. The highest BCUT2D eigenvalue weighted by Gasteiger charge is 2.30. The van der Waals surface area contributed by atoms with Gasteiger partial charge >= 0.3 is 5.82 Å². The van der Waals surface area contributed by atoms with E-state index in [1.165, 1.54) is 30.5 Å². The van der Waals surface area contributed by atoms with Gasteiger partial charge in [-0.1, -0.05) is 23.2 Å². The van der Waals surface area contributed by atoms with Crippen molar-refractivity contribution in [2.45, 2.75) is 25.8 Å². The number of benzene rings is 1. The zero-order valence-electron chi connectivity index (χ0n) is 17.3. The molecule has 3 aromatic rings. The van der Waals surface area contributed by atoms with Crippen molar-refractivity contribution in [1.29, 1.82) is 0 Å². The van der Waals surface area contributed by atoms with Gasteiger partial charge in [-0.2, -0.15) is 0 Å². The molecular weight excluding hydrogens is 471 g/mol. The first kappa shape index (κ1) is 22.7. The number of aromatic nitrogens is 3. The van der Waals surface area contributed by atoms with Gasteiger partial charge in [0, 0.05) is 17.3 Å². The van der Waals surface area contributed by atoms with Crippen molar-refractivity contribution in [1.82, 2.24) is 20.1 Å². The molecule has 1 unspecified atom stereocenters. The topological polar surface area (TPSA) is 132 Å². The van der Waals surface area contributed by atoms with Gasteiger partial charge in [-0.05, 0) is 60.9 Å². The van der Waals surface area contributed by atoms with Crippen LogP contribution < -0.4 is 10.6 Å². The molecule has 2 aromatic heterocycles. The van der Waals surface area contributed by atoms with Gasteiger partial charge in [0.1, 0.15) is 0 Å². The molecule has 170 valence electrons. The molecule has 1 aliphatic rings. The number of nitro groups is 1. The second kappa shape index (κ2) is 9.16. The number of carbonyl (C=O) groups is 2. The summed E-state index contributed by atoms with van der Waals surface area (Å²) < 4.78 is 0.987. The minimum absolute atomic E-state index is 0.0181. The highest BCUT2D eigenvalue weighted by molar-refractivity contribution is 6.32. The zero-order chi connectivity index (χ0) is 23.7. The summed E-state index contributed by atoms with van der Waals surface area (Å²) in [6.07, 6.45) is 3.53. The summed E-state index contributed by atoms with van der Waals surface area (Å²) in [5.74, 6) is -1.22. The fourth-order valence-electron chi connectivity index (χ4n) is 3.31. The number of nitrogens with zero attached hydrogens (tertiary/aromatic N) is 4. The van der Waals surface area contributed by atoms with Crippen molar-refractivity contribution in [3.05, 3.63) is 74.0 Å². The average molecular weight is 489 g/mol. The smallest absolute Gasteiger partial charge is 0.358 e. The Labute approximate surface area is 198 Å². The van der Waals surface area contributed by atoms with Crippen LogP contribution in [0.15, 0.2) is 42.6 Å². The molecule has 33 heavy (non-hydrogen) atoms. The van der Waals surface area contributed by atoms with E-state index in [4.69, 9.17) is 23.2 Å². The van der Waals surface area contributed by atoms with Crippen LogP contribution >= 0.6 is 23.2 Å². The summed E-state index contributed by atoms with van der Waals surface area (Å²) in [4.78, 5) is 40.6. The van der Waals surface area contributed by atoms with E-state index in [-0.39, 0.29) is 39.7 Å². The van der Waals surface area contributed by atoms with E-state index in [0.717, 1.165) is 23.6 Å². The standard InChI is InChI=1S/C21H18Cl2N6O4/c1-11(12-4-5-12)25-20(30)14-9-13(22)6-7-16(14)26-21(31)17-10-18(29(32)33)27-28(17)19-15(23)3-2-8-24-19/h2-3,6-12H,4-5H2,1H3,(H,25,30)(H,26,31). The molecule has 12 heteroatoms.